The quantitative estimate of drug-likeness (QED) is 0.703. The molecule has 0 spiro atoms. The number of hydrazine groups is 1. The summed E-state index contributed by atoms with van der Waals surface area (Å²) in [5, 5.41) is 0. The van der Waals surface area contributed by atoms with E-state index in [0.29, 0.717) is 10.0 Å². The van der Waals surface area contributed by atoms with E-state index in [1.807, 2.05) is 19.9 Å². The third-order valence-corrected chi connectivity index (χ3v) is 3.30. The Morgan fingerprint density at radius 2 is 2.05 bits per heavy atom. The molecule has 2 rings (SSSR count). The number of aromatic nitrogens is 2. The summed E-state index contributed by atoms with van der Waals surface area (Å²) in [6.07, 6.45) is 1.24. The minimum absolute atomic E-state index is 0.0695. The van der Waals surface area contributed by atoms with E-state index in [1.54, 1.807) is 18.2 Å². The lowest BCUT2D eigenvalue weighted by Gasteiger charge is -2.14. The zero-order valence-corrected chi connectivity index (χ0v) is 13.7. The van der Waals surface area contributed by atoms with Gasteiger partial charge in [-0.05, 0) is 41.9 Å². The normalized spacial score (nSPS) is 10.4. The predicted octanol–water partition coefficient (Wildman–Crippen LogP) is 2.37. The highest BCUT2D eigenvalue weighted by molar-refractivity contribution is 9.10. The van der Waals surface area contributed by atoms with Crippen molar-refractivity contribution in [1.29, 1.82) is 0 Å². The summed E-state index contributed by atoms with van der Waals surface area (Å²) < 4.78 is 6.15. The van der Waals surface area contributed by atoms with Crippen LogP contribution in [0.2, 0.25) is 0 Å². The van der Waals surface area contributed by atoms with E-state index < -0.39 is 0 Å². The monoisotopic (exact) mass is 365 g/mol. The lowest BCUT2D eigenvalue weighted by atomic mass is 10.2. The van der Waals surface area contributed by atoms with Gasteiger partial charge in [0.25, 0.3) is 5.91 Å². The SMILES string of the molecule is CC(C)Oc1ncnc(NNC(=O)c2ccccc2Br)c1N. The molecule has 1 aromatic heterocycles. The molecule has 0 bridgehead atoms. The Kier molecular flexibility index (Phi) is 5.16. The molecule has 8 heteroatoms. The molecule has 1 aromatic carbocycles. The van der Waals surface area contributed by atoms with Crippen molar-refractivity contribution in [2.75, 3.05) is 11.2 Å². The highest BCUT2D eigenvalue weighted by atomic mass is 79.9. The first-order valence-electron chi connectivity index (χ1n) is 6.57. The number of nitrogens with two attached hydrogens (primary N) is 1. The molecule has 116 valence electrons. The second kappa shape index (κ2) is 7.08. The molecule has 2 aromatic rings. The summed E-state index contributed by atoms with van der Waals surface area (Å²) in [5.74, 6) is 0.213. The minimum atomic E-state index is -0.322. The van der Waals surface area contributed by atoms with Crippen molar-refractivity contribution >= 4 is 33.3 Å². The molecule has 0 radical (unpaired) electrons. The zero-order chi connectivity index (χ0) is 16.1. The van der Waals surface area contributed by atoms with Gasteiger partial charge in [-0.25, -0.2) is 4.98 Å². The van der Waals surface area contributed by atoms with E-state index in [-0.39, 0.29) is 29.4 Å². The van der Waals surface area contributed by atoms with Gasteiger partial charge in [-0.3, -0.25) is 15.6 Å². The lowest BCUT2D eigenvalue weighted by Crippen LogP contribution is -2.30. The molecule has 0 aliphatic carbocycles. The van der Waals surface area contributed by atoms with Crippen LogP contribution in [0.4, 0.5) is 11.5 Å². The van der Waals surface area contributed by atoms with Crippen molar-refractivity contribution in [3.8, 4) is 5.88 Å². The Bertz CT molecular complexity index is 678. The molecule has 0 aliphatic rings. The first-order valence-corrected chi connectivity index (χ1v) is 7.36. The maximum Gasteiger partial charge on any atom is 0.270 e. The van der Waals surface area contributed by atoms with Crippen LogP contribution in [0.3, 0.4) is 0 Å². The molecule has 0 saturated carbocycles. The molecule has 1 amide bonds. The highest BCUT2D eigenvalue weighted by Gasteiger charge is 2.13. The number of benzene rings is 1. The molecular formula is C14H16BrN5O2. The van der Waals surface area contributed by atoms with Gasteiger partial charge in [-0.15, -0.1) is 0 Å². The second-order valence-electron chi connectivity index (χ2n) is 4.67. The average Bonchev–Trinajstić information content (AvgIpc) is 2.48. The number of anilines is 2. The zero-order valence-electron chi connectivity index (χ0n) is 12.1. The van der Waals surface area contributed by atoms with Gasteiger partial charge in [-0.2, -0.15) is 4.98 Å². The molecule has 1 heterocycles. The first kappa shape index (κ1) is 16.0. The largest absolute Gasteiger partial charge is 0.473 e. The topological polar surface area (TPSA) is 102 Å². The smallest absolute Gasteiger partial charge is 0.270 e. The maximum atomic E-state index is 12.1. The summed E-state index contributed by atoms with van der Waals surface area (Å²) in [6.45, 7) is 3.73. The number of carbonyl (C=O) groups is 1. The van der Waals surface area contributed by atoms with Crippen molar-refractivity contribution in [2.45, 2.75) is 20.0 Å². The highest BCUT2D eigenvalue weighted by Crippen LogP contribution is 2.25. The van der Waals surface area contributed by atoms with E-state index in [9.17, 15) is 4.79 Å². The van der Waals surface area contributed by atoms with Gasteiger partial charge in [0.15, 0.2) is 5.82 Å². The van der Waals surface area contributed by atoms with Crippen LogP contribution in [0.1, 0.15) is 24.2 Å². The van der Waals surface area contributed by atoms with Gasteiger partial charge >= 0.3 is 0 Å². The third kappa shape index (κ3) is 3.85. The Labute approximate surface area is 136 Å². The second-order valence-corrected chi connectivity index (χ2v) is 5.52. The predicted molar refractivity (Wildman–Crippen MR) is 87.4 cm³/mol. The van der Waals surface area contributed by atoms with Crippen molar-refractivity contribution < 1.29 is 9.53 Å². The number of carbonyl (C=O) groups excluding carboxylic acids is 1. The fourth-order valence-electron chi connectivity index (χ4n) is 1.62. The minimum Gasteiger partial charge on any atom is -0.473 e. The van der Waals surface area contributed by atoms with Crippen LogP contribution >= 0.6 is 15.9 Å². The number of hydrogen-bond donors (Lipinski definition) is 3. The number of hydrogen-bond acceptors (Lipinski definition) is 6. The van der Waals surface area contributed by atoms with E-state index in [2.05, 4.69) is 36.7 Å². The summed E-state index contributed by atoms with van der Waals surface area (Å²) in [5.41, 5.74) is 11.8. The van der Waals surface area contributed by atoms with Gasteiger partial charge in [0, 0.05) is 4.47 Å². The Balaban J connectivity index is 2.09. The van der Waals surface area contributed by atoms with Gasteiger partial charge in [0.1, 0.15) is 12.0 Å². The van der Waals surface area contributed by atoms with E-state index in [4.69, 9.17) is 10.5 Å². The summed E-state index contributed by atoms with van der Waals surface area (Å²) in [7, 11) is 0. The third-order valence-electron chi connectivity index (χ3n) is 2.61. The summed E-state index contributed by atoms with van der Waals surface area (Å²) >= 11 is 3.32. The van der Waals surface area contributed by atoms with E-state index >= 15 is 0 Å². The van der Waals surface area contributed by atoms with Crippen LogP contribution in [0, 0.1) is 0 Å². The van der Waals surface area contributed by atoms with Crippen molar-refractivity contribution in [1.82, 2.24) is 15.4 Å². The number of nitrogens with one attached hydrogen (secondary N) is 2. The van der Waals surface area contributed by atoms with Crippen molar-refractivity contribution in [3.05, 3.63) is 40.6 Å². The van der Waals surface area contributed by atoms with Gasteiger partial charge in [0.05, 0.1) is 11.7 Å². The van der Waals surface area contributed by atoms with Crippen LogP contribution < -0.4 is 21.3 Å². The van der Waals surface area contributed by atoms with Crippen LogP contribution in [0.5, 0.6) is 5.88 Å². The number of rotatable bonds is 5. The maximum absolute atomic E-state index is 12.1. The Morgan fingerprint density at radius 1 is 1.32 bits per heavy atom. The van der Waals surface area contributed by atoms with Gasteiger partial charge in [0.2, 0.25) is 5.88 Å². The fraction of sp³-hybridized carbons (Fsp3) is 0.214. The van der Waals surface area contributed by atoms with Crippen LogP contribution in [-0.2, 0) is 0 Å². The number of nitrogens with zero attached hydrogens (tertiary/aromatic N) is 2. The van der Waals surface area contributed by atoms with Crippen LogP contribution in [-0.4, -0.2) is 22.0 Å². The Hall–Kier alpha value is -2.35. The van der Waals surface area contributed by atoms with Crippen molar-refractivity contribution in [2.24, 2.45) is 0 Å². The molecular weight excluding hydrogens is 350 g/mol. The molecule has 22 heavy (non-hydrogen) atoms. The van der Waals surface area contributed by atoms with Crippen LogP contribution in [0.25, 0.3) is 0 Å². The summed E-state index contributed by atoms with van der Waals surface area (Å²) in [6, 6.07) is 7.07. The fourth-order valence-corrected chi connectivity index (χ4v) is 2.09. The number of halogens is 1. The standard InChI is InChI=1S/C14H16BrN5O2/c1-8(2)22-14-11(16)12(17-7-18-14)19-20-13(21)9-5-3-4-6-10(9)15/h3-8H,16H2,1-2H3,(H,20,21)(H,17,18,19). The first-order chi connectivity index (χ1) is 10.5. The average molecular weight is 366 g/mol. The van der Waals surface area contributed by atoms with E-state index in [0.717, 1.165) is 0 Å². The Morgan fingerprint density at radius 3 is 2.73 bits per heavy atom. The molecule has 0 aliphatic heterocycles. The molecule has 4 N–H and O–H groups in total. The number of amides is 1. The molecule has 0 fully saturated rings. The van der Waals surface area contributed by atoms with Crippen LogP contribution in [0.15, 0.2) is 35.1 Å². The molecule has 7 nitrogen and oxygen atoms in total. The molecule has 0 atom stereocenters. The lowest BCUT2D eigenvalue weighted by molar-refractivity contribution is 0.0961. The molecule has 0 unspecified atom stereocenters. The number of ether oxygens (including phenoxy) is 1. The van der Waals surface area contributed by atoms with Crippen molar-refractivity contribution in [3.63, 3.8) is 0 Å². The number of nitrogen functional groups attached to an aromatic ring is 1. The molecule has 0 saturated heterocycles. The van der Waals surface area contributed by atoms with Gasteiger partial charge in [-0.1, -0.05) is 12.1 Å². The van der Waals surface area contributed by atoms with Gasteiger partial charge < -0.3 is 10.5 Å². The summed E-state index contributed by atoms with van der Waals surface area (Å²) in [4.78, 5) is 20.0. The van der Waals surface area contributed by atoms with E-state index in [1.165, 1.54) is 6.33 Å².